The minimum atomic E-state index is -0.220. The van der Waals surface area contributed by atoms with E-state index in [-0.39, 0.29) is 5.91 Å². The van der Waals surface area contributed by atoms with Crippen LogP contribution >= 0.6 is 0 Å². The minimum Gasteiger partial charge on any atom is -0.496 e. The van der Waals surface area contributed by atoms with Gasteiger partial charge in [-0.15, -0.1) is 0 Å². The predicted molar refractivity (Wildman–Crippen MR) is 142 cm³/mol. The van der Waals surface area contributed by atoms with Crippen molar-refractivity contribution in [3.05, 3.63) is 95.9 Å². The van der Waals surface area contributed by atoms with Gasteiger partial charge in [0.05, 0.1) is 24.6 Å². The Hall–Kier alpha value is -4.38. The monoisotopic (exact) mass is 462 g/mol. The first-order valence-electron chi connectivity index (χ1n) is 11.4. The second-order valence-electron chi connectivity index (χ2n) is 8.71. The van der Waals surface area contributed by atoms with Crippen molar-refractivity contribution >= 4 is 39.0 Å². The quantitative estimate of drug-likeness (QED) is 0.278. The molecule has 0 radical (unpaired) electrons. The largest absolute Gasteiger partial charge is 0.496 e. The standard InChI is InChI=1S/C30H26N2O3/c1-18-10-11-21(19(2)13-18)25-17-35-29-16-28(34-4)23(15-24(25)29)20(3)14-30(33)32-27-9-5-8-26-22(27)7-6-12-31-26/h5-17H,1-4H3,(H,32,33)/b20-14+. The zero-order chi connectivity index (χ0) is 24.5. The van der Waals surface area contributed by atoms with Gasteiger partial charge in [0.2, 0.25) is 5.91 Å². The maximum Gasteiger partial charge on any atom is 0.248 e. The van der Waals surface area contributed by atoms with Gasteiger partial charge in [-0.3, -0.25) is 9.78 Å². The third-order valence-corrected chi connectivity index (χ3v) is 6.24. The van der Waals surface area contributed by atoms with Gasteiger partial charge in [-0.25, -0.2) is 0 Å². The molecule has 3 aromatic carbocycles. The number of hydrogen-bond acceptors (Lipinski definition) is 4. The lowest BCUT2D eigenvalue weighted by atomic mass is 9.96. The molecule has 1 N–H and O–H groups in total. The average Bonchev–Trinajstić information content (AvgIpc) is 3.26. The SMILES string of the molecule is COc1cc2occ(-c3ccc(C)cc3C)c2cc1/C(C)=C/C(=O)Nc1cccc2ncccc12. The molecule has 5 rings (SSSR count). The Bertz CT molecular complexity index is 1610. The molecule has 5 aromatic rings. The van der Waals surface area contributed by atoms with Crippen molar-refractivity contribution < 1.29 is 13.9 Å². The summed E-state index contributed by atoms with van der Waals surface area (Å²) in [5.41, 5.74) is 8.44. The van der Waals surface area contributed by atoms with Gasteiger partial charge in [0.1, 0.15) is 11.3 Å². The predicted octanol–water partition coefficient (Wildman–Crippen LogP) is 7.32. The van der Waals surface area contributed by atoms with Crippen molar-refractivity contribution in [2.24, 2.45) is 0 Å². The van der Waals surface area contributed by atoms with Crippen LogP contribution in [-0.2, 0) is 4.79 Å². The summed E-state index contributed by atoms with van der Waals surface area (Å²) >= 11 is 0. The number of ether oxygens (including phenoxy) is 1. The summed E-state index contributed by atoms with van der Waals surface area (Å²) in [5, 5.41) is 4.86. The lowest BCUT2D eigenvalue weighted by Crippen LogP contribution is -2.09. The van der Waals surface area contributed by atoms with E-state index >= 15 is 0 Å². The first-order valence-corrected chi connectivity index (χ1v) is 11.4. The van der Waals surface area contributed by atoms with E-state index in [1.807, 2.05) is 49.4 Å². The lowest BCUT2D eigenvalue weighted by molar-refractivity contribution is -0.111. The summed E-state index contributed by atoms with van der Waals surface area (Å²) in [5.74, 6) is 0.428. The summed E-state index contributed by atoms with van der Waals surface area (Å²) in [4.78, 5) is 17.3. The first kappa shape index (κ1) is 22.4. The molecule has 0 unspecified atom stereocenters. The Morgan fingerprint density at radius 3 is 2.66 bits per heavy atom. The summed E-state index contributed by atoms with van der Waals surface area (Å²) in [6.45, 7) is 6.09. The lowest BCUT2D eigenvalue weighted by Gasteiger charge is -2.11. The van der Waals surface area contributed by atoms with E-state index in [0.29, 0.717) is 5.75 Å². The van der Waals surface area contributed by atoms with Crippen LogP contribution < -0.4 is 10.1 Å². The average molecular weight is 463 g/mol. The maximum absolute atomic E-state index is 13.0. The Morgan fingerprint density at radius 2 is 1.86 bits per heavy atom. The van der Waals surface area contributed by atoms with Gasteiger partial charge in [0.25, 0.3) is 0 Å². The minimum absolute atomic E-state index is 0.220. The van der Waals surface area contributed by atoms with Crippen molar-refractivity contribution in [3.8, 4) is 16.9 Å². The molecule has 0 spiro atoms. The number of aromatic nitrogens is 1. The van der Waals surface area contributed by atoms with Gasteiger partial charge in [-0.1, -0.05) is 29.8 Å². The number of allylic oxidation sites excluding steroid dienone is 1. The molecule has 0 bridgehead atoms. The molecule has 35 heavy (non-hydrogen) atoms. The number of rotatable bonds is 5. The summed E-state index contributed by atoms with van der Waals surface area (Å²) < 4.78 is 11.5. The summed E-state index contributed by atoms with van der Waals surface area (Å²) in [7, 11) is 1.62. The molecule has 0 atom stereocenters. The van der Waals surface area contributed by atoms with Crippen LogP contribution in [-0.4, -0.2) is 18.0 Å². The Morgan fingerprint density at radius 1 is 1.00 bits per heavy atom. The summed E-state index contributed by atoms with van der Waals surface area (Å²) in [6.07, 6.45) is 5.12. The number of pyridine rings is 1. The number of nitrogens with one attached hydrogen (secondary N) is 1. The van der Waals surface area contributed by atoms with Gasteiger partial charge in [0, 0.05) is 40.2 Å². The number of fused-ring (bicyclic) bond motifs is 2. The van der Waals surface area contributed by atoms with Crippen LogP contribution in [0.1, 0.15) is 23.6 Å². The van der Waals surface area contributed by atoms with Crippen molar-refractivity contribution in [2.45, 2.75) is 20.8 Å². The van der Waals surface area contributed by atoms with Crippen LogP contribution in [0, 0.1) is 13.8 Å². The van der Waals surface area contributed by atoms with E-state index in [1.54, 1.807) is 25.6 Å². The van der Waals surface area contributed by atoms with Gasteiger partial charge < -0.3 is 14.5 Å². The van der Waals surface area contributed by atoms with Crippen molar-refractivity contribution in [3.63, 3.8) is 0 Å². The van der Waals surface area contributed by atoms with Gasteiger partial charge >= 0.3 is 0 Å². The first-order chi connectivity index (χ1) is 16.9. The molecular weight excluding hydrogens is 436 g/mol. The second-order valence-corrected chi connectivity index (χ2v) is 8.71. The van der Waals surface area contributed by atoms with Crippen LogP contribution in [0.25, 0.3) is 38.6 Å². The normalized spacial score (nSPS) is 11.7. The van der Waals surface area contributed by atoms with Crippen LogP contribution in [0.2, 0.25) is 0 Å². The maximum atomic E-state index is 13.0. The zero-order valence-electron chi connectivity index (χ0n) is 20.2. The van der Waals surface area contributed by atoms with E-state index in [2.05, 4.69) is 42.3 Å². The Labute approximate surface area is 204 Å². The molecule has 0 fully saturated rings. The van der Waals surface area contributed by atoms with Gasteiger partial charge in [0.15, 0.2) is 0 Å². The van der Waals surface area contributed by atoms with E-state index in [4.69, 9.17) is 9.15 Å². The van der Waals surface area contributed by atoms with E-state index in [1.165, 1.54) is 11.1 Å². The Kier molecular flexibility index (Phi) is 5.83. The van der Waals surface area contributed by atoms with Gasteiger partial charge in [-0.05, 0) is 67.8 Å². The molecular formula is C30H26N2O3. The fourth-order valence-electron chi connectivity index (χ4n) is 4.51. The molecule has 5 heteroatoms. The molecule has 0 aliphatic carbocycles. The number of hydrogen-bond donors (Lipinski definition) is 1. The topological polar surface area (TPSA) is 64.4 Å². The zero-order valence-corrected chi connectivity index (χ0v) is 20.2. The smallest absolute Gasteiger partial charge is 0.248 e. The fraction of sp³-hybridized carbons (Fsp3) is 0.133. The number of methoxy groups -OCH3 is 1. The number of amides is 1. The van der Waals surface area contributed by atoms with Crippen LogP contribution in [0.3, 0.4) is 0 Å². The number of benzene rings is 3. The van der Waals surface area contributed by atoms with Crippen LogP contribution in [0.4, 0.5) is 5.69 Å². The number of anilines is 1. The molecule has 1 amide bonds. The molecule has 174 valence electrons. The number of aryl methyl sites for hydroxylation is 2. The van der Waals surface area contributed by atoms with E-state index in [9.17, 15) is 4.79 Å². The molecule has 2 heterocycles. The molecule has 0 aliphatic heterocycles. The van der Waals surface area contributed by atoms with Gasteiger partial charge in [-0.2, -0.15) is 0 Å². The third-order valence-electron chi connectivity index (χ3n) is 6.24. The highest BCUT2D eigenvalue weighted by Gasteiger charge is 2.16. The number of nitrogens with zero attached hydrogens (tertiary/aromatic N) is 1. The van der Waals surface area contributed by atoms with Crippen LogP contribution in [0.5, 0.6) is 5.75 Å². The highest BCUT2D eigenvalue weighted by Crippen LogP contribution is 2.38. The molecule has 5 nitrogen and oxygen atoms in total. The third kappa shape index (κ3) is 4.28. The Balaban J connectivity index is 1.53. The van der Waals surface area contributed by atoms with Crippen LogP contribution in [0.15, 0.2) is 83.6 Å². The van der Waals surface area contributed by atoms with E-state index < -0.39 is 0 Å². The number of carbonyl (C=O) groups is 1. The highest BCUT2D eigenvalue weighted by atomic mass is 16.5. The molecule has 0 aliphatic rings. The summed E-state index contributed by atoms with van der Waals surface area (Å²) in [6, 6.07) is 19.8. The fourth-order valence-corrected chi connectivity index (χ4v) is 4.51. The van der Waals surface area contributed by atoms with E-state index in [0.717, 1.165) is 49.8 Å². The molecule has 2 aromatic heterocycles. The van der Waals surface area contributed by atoms with Crippen molar-refractivity contribution in [1.29, 1.82) is 0 Å². The van der Waals surface area contributed by atoms with Crippen molar-refractivity contribution in [1.82, 2.24) is 4.98 Å². The number of furan rings is 1. The molecule has 0 saturated heterocycles. The number of carbonyl (C=O) groups excluding carboxylic acids is 1. The second kappa shape index (κ2) is 9.11. The van der Waals surface area contributed by atoms with Crippen molar-refractivity contribution in [2.75, 3.05) is 12.4 Å². The molecule has 0 saturated carbocycles. The highest BCUT2D eigenvalue weighted by molar-refractivity contribution is 6.09.